The van der Waals surface area contributed by atoms with Crippen LogP contribution in [0.3, 0.4) is 0 Å². The minimum atomic E-state index is -0.0414. The molecule has 4 rings (SSSR count). The Kier molecular flexibility index (Phi) is 5.63. The molecular weight excluding hydrogens is 358 g/mol. The highest BCUT2D eigenvalue weighted by Gasteiger charge is 2.26. The van der Waals surface area contributed by atoms with Gasteiger partial charge in [-0.15, -0.1) is 0 Å². The normalized spacial score (nSPS) is 12.8. The van der Waals surface area contributed by atoms with Gasteiger partial charge in [-0.1, -0.05) is 48.5 Å². The Morgan fingerprint density at radius 2 is 1.69 bits per heavy atom. The maximum atomic E-state index is 12.9. The molecule has 0 saturated heterocycles. The smallest absolute Gasteiger partial charge is 0.257 e. The first-order valence-corrected chi connectivity index (χ1v) is 10.2. The van der Waals surface area contributed by atoms with Crippen LogP contribution in [0.1, 0.15) is 33.5 Å². The van der Waals surface area contributed by atoms with E-state index in [-0.39, 0.29) is 5.91 Å². The zero-order chi connectivity index (χ0) is 20.2. The van der Waals surface area contributed by atoms with Crippen molar-refractivity contribution in [3.8, 4) is 0 Å². The Bertz CT molecular complexity index is 1010. The average Bonchev–Trinajstić information content (AvgIpc) is 2.86. The molecule has 3 aromatic carbocycles. The molecule has 0 spiro atoms. The largest absolute Gasteiger partial charge is 0.339 e. The maximum Gasteiger partial charge on any atom is 0.257 e. The second-order valence-electron chi connectivity index (χ2n) is 7.54. The van der Waals surface area contributed by atoms with Crippen LogP contribution in [0.25, 0.3) is 0 Å². The molecule has 0 atom stereocenters. The molecule has 4 heteroatoms. The fourth-order valence-corrected chi connectivity index (χ4v) is 3.88. The topological polar surface area (TPSA) is 44.4 Å². The van der Waals surface area contributed by atoms with E-state index in [9.17, 15) is 4.79 Å². The van der Waals surface area contributed by atoms with Gasteiger partial charge in [0.05, 0.1) is 22.6 Å². The number of benzene rings is 3. The first-order chi connectivity index (χ1) is 14.1. The Hall–Kier alpha value is -3.11. The van der Waals surface area contributed by atoms with Crippen LogP contribution in [-0.4, -0.2) is 19.0 Å². The van der Waals surface area contributed by atoms with Gasteiger partial charge >= 0.3 is 0 Å². The highest BCUT2D eigenvalue weighted by molar-refractivity contribution is 6.13. The average molecular weight is 386 g/mol. The molecular formula is C25H27N3O. The zero-order valence-corrected chi connectivity index (χ0v) is 17.0. The van der Waals surface area contributed by atoms with E-state index in [1.807, 2.05) is 36.4 Å². The summed E-state index contributed by atoms with van der Waals surface area (Å²) in [6.45, 7) is 6.83. The van der Waals surface area contributed by atoms with Crippen molar-refractivity contribution in [2.45, 2.75) is 26.8 Å². The predicted molar refractivity (Wildman–Crippen MR) is 120 cm³/mol. The van der Waals surface area contributed by atoms with E-state index < -0.39 is 0 Å². The molecule has 0 aliphatic carbocycles. The number of hydrogen-bond acceptors (Lipinski definition) is 3. The van der Waals surface area contributed by atoms with E-state index >= 15 is 0 Å². The van der Waals surface area contributed by atoms with Gasteiger partial charge in [-0.2, -0.15) is 0 Å². The maximum absolute atomic E-state index is 12.9. The van der Waals surface area contributed by atoms with Crippen LogP contribution in [-0.2, 0) is 6.54 Å². The monoisotopic (exact) mass is 385 g/mol. The number of rotatable bonds is 6. The van der Waals surface area contributed by atoms with E-state index in [4.69, 9.17) is 0 Å². The van der Waals surface area contributed by atoms with Crippen molar-refractivity contribution in [1.29, 1.82) is 0 Å². The Labute approximate surface area is 172 Å². The van der Waals surface area contributed by atoms with Gasteiger partial charge in [0.15, 0.2) is 0 Å². The number of anilines is 3. The van der Waals surface area contributed by atoms with Gasteiger partial charge in [0.25, 0.3) is 5.91 Å². The molecule has 0 unspecified atom stereocenters. The van der Waals surface area contributed by atoms with Crippen molar-refractivity contribution in [3.63, 3.8) is 0 Å². The quantitative estimate of drug-likeness (QED) is 0.574. The number of hydrogen-bond donors (Lipinski definition) is 2. The van der Waals surface area contributed by atoms with Gasteiger partial charge in [0, 0.05) is 13.1 Å². The summed E-state index contributed by atoms with van der Waals surface area (Å²) in [5.41, 5.74) is 7.32. The van der Waals surface area contributed by atoms with Gasteiger partial charge in [-0.05, 0) is 61.7 Å². The molecule has 0 radical (unpaired) electrons. The van der Waals surface area contributed by atoms with Crippen LogP contribution in [0, 0.1) is 13.8 Å². The van der Waals surface area contributed by atoms with Crippen LogP contribution in [0.4, 0.5) is 17.1 Å². The van der Waals surface area contributed by atoms with Crippen LogP contribution >= 0.6 is 0 Å². The second-order valence-corrected chi connectivity index (χ2v) is 7.54. The molecule has 2 N–H and O–H groups in total. The highest BCUT2D eigenvalue weighted by Crippen LogP contribution is 2.40. The van der Waals surface area contributed by atoms with Crippen LogP contribution in [0.15, 0.2) is 66.7 Å². The number of carbonyl (C=O) groups is 1. The van der Waals surface area contributed by atoms with Crippen LogP contribution in [0.5, 0.6) is 0 Å². The standard InChI is InChI=1S/C25H27N3O/c1-18-13-14-21-24(19(18)2)28(23-12-7-6-11-22(23)27-25(21)29)16-8-15-26-17-20-9-4-3-5-10-20/h3-7,9-14,26H,8,15-17H2,1-2H3,(H,27,29). The highest BCUT2D eigenvalue weighted by atomic mass is 16.1. The summed E-state index contributed by atoms with van der Waals surface area (Å²) in [4.78, 5) is 15.2. The van der Waals surface area contributed by atoms with Gasteiger partial charge in [0.2, 0.25) is 0 Å². The number of nitrogens with one attached hydrogen (secondary N) is 2. The summed E-state index contributed by atoms with van der Waals surface area (Å²) in [7, 11) is 0. The minimum Gasteiger partial charge on any atom is -0.339 e. The molecule has 0 bridgehead atoms. The van der Waals surface area contributed by atoms with Crippen LogP contribution < -0.4 is 15.5 Å². The van der Waals surface area contributed by atoms with E-state index in [1.165, 1.54) is 11.1 Å². The molecule has 0 saturated carbocycles. The van der Waals surface area contributed by atoms with Crippen molar-refractivity contribution >= 4 is 23.0 Å². The Balaban J connectivity index is 1.56. The fourth-order valence-electron chi connectivity index (χ4n) is 3.88. The lowest BCUT2D eigenvalue weighted by Gasteiger charge is -2.28. The third-order valence-electron chi connectivity index (χ3n) is 5.57. The van der Waals surface area contributed by atoms with Gasteiger partial charge < -0.3 is 15.5 Å². The van der Waals surface area contributed by atoms with E-state index in [1.54, 1.807) is 0 Å². The number of nitrogens with zero attached hydrogens (tertiary/aromatic N) is 1. The third kappa shape index (κ3) is 4.03. The fraction of sp³-hybridized carbons (Fsp3) is 0.240. The van der Waals surface area contributed by atoms with Crippen molar-refractivity contribution < 1.29 is 4.79 Å². The number of para-hydroxylation sites is 2. The molecule has 1 heterocycles. The summed E-state index contributed by atoms with van der Waals surface area (Å²) in [5, 5.41) is 6.61. The van der Waals surface area contributed by atoms with Crippen LogP contribution in [0.2, 0.25) is 0 Å². The SMILES string of the molecule is Cc1ccc2c(c1C)N(CCCNCc1ccccc1)c1ccccc1NC2=O. The van der Waals surface area contributed by atoms with Crippen molar-refractivity contribution in [2.24, 2.45) is 0 Å². The Morgan fingerprint density at radius 1 is 0.931 bits per heavy atom. The van der Waals surface area contributed by atoms with E-state index in [0.717, 1.165) is 54.2 Å². The second kappa shape index (κ2) is 8.50. The zero-order valence-electron chi connectivity index (χ0n) is 17.0. The van der Waals surface area contributed by atoms with Gasteiger partial charge in [-0.3, -0.25) is 4.79 Å². The molecule has 4 nitrogen and oxygen atoms in total. The van der Waals surface area contributed by atoms with Gasteiger partial charge in [0.1, 0.15) is 0 Å². The minimum absolute atomic E-state index is 0.0414. The summed E-state index contributed by atoms with van der Waals surface area (Å²) in [6.07, 6.45) is 0.974. The summed E-state index contributed by atoms with van der Waals surface area (Å²) < 4.78 is 0. The number of aryl methyl sites for hydroxylation is 1. The summed E-state index contributed by atoms with van der Waals surface area (Å²) in [5.74, 6) is -0.0414. The summed E-state index contributed by atoms with van der Waals surface area (Å²) in [6, 6.07) is 22.5. The van der Waals surface area contributed by atoms with E-state index in [2.05, 4.69) is 59.7 Å². The number of amides is 1. The van der Waals surface area contributed by atoms with Gasteiger partial charge in [-0.25, -0.2) is 0 Å². The molecule has 0 aromatic heterocycles. The first kappa shape index (κ1) is 19.2. The lowest BCUT2D eigenvalue weighted by atomic mass is 10.0. The lowest BCUT2D eigenvalue weighted by molar-refractivity contribution is 0.102. The van der Waals surface area contributed by atoms with E-state index in [0.29, 0.717) is 0 Å². The van der Waals surface area contributed by atoms with Crippen molar-refractivity contribution in [1.82, 2.24) is 5.32 Å². The predicted octanol–water partition coefficient (Wildman–Crippen LogP) is 5.19. The molecule has 1 aliphatic rings. The number of fused-ring (bicyclic) bond motifs is 2. The molecule has 29 heavy (non-hydrogen) atoms. The number of carbonyl (C=O) groups excluding carboxylic acids is 1. The first-order valence-electron chi connectivity index (χ1n) is 10.2. The Morgan fingerprint density at radius 3 is 2.52 bits per heavy atom. The molecule has 0 fully saturated rings. The van der Waals surface area contributed by atoms with Crippen molar-refractivity contribution in [3.05, 3.63) is 89.0 Å². The summed E-state index contributed by atoms with van der Waals surface area (Å²) >= 11 is 0. The lowest BCUT2D eigenvalue weighted by Crippen LogP contribution is -2.25. The molecule has 1 aliphatic heterocycles. The third-order valence-corrected chi connectivity index (χ3v) is 5.57. The molecule has 3 aromatic rings. The van der Waals surface area contributed by atoms with Crippen molar-refractivity contribution in [2.75, 3.05) is 23.3 Å². The molecule has 148 valence electrons. The molecule has 1 amide bonds.